The highest BCUT2D eigenvalue weighted by molar-refractivity contribution is 5.95. The Labute approximate surface area is 254 Å². The minimum Gasteiger partial charge on any atom is -0.480 e. The highest BCUT2D eigenvalue weighted by atomic mass is 16.4. The fourth-order valence-electron chi connectivity index (χ4n) is 5.34. The first kappa shape index (κ1) is 32.2. The topological polar surface area (TPSA) is 207 Å². The summed E-state index contributed by atoms with van der Waals surface area (Å²) in [5.41, 5.74) is 8.64. The Bertz CT molecular complexity index is 1490. The lowest BCUT2D eigenvalue weighted by atomic mass is 10.0. The third-order valence-corrected chi connectivity index (χ3v) is 7.68. The second-order valence-corrected chi connectivity index (χ2v) is 11.0. The quantitative estimate of drug-likeness (QED) is 0.139. The van der Waals surface area contributed by atoms with Crippen molar-refractivity contribution in [1.82, 2.24) is 25.8 Å². The number of aromatic amines is 1. The maximum absolute atomic E-state index is 13.4. The van der Waals surface area contributed by atoms with Crippen LogP contribution in [0.25, 0.3) is 10.9 Å². The van der Waals surface area contributed by atoms with Gasteiger partial charge in [-0.2, -0.15) is 0 Å². The van der Waals surface area contributed by atoms with Gasteiger partial charge in [-0.3, -0.25) is 19.2 Å². The van der Waals surface area contributed by atoms with E-state index in [0.717, 1.165) is 26.9 Å². The number of aromatic nitrogens is 1. The summed E-state index contributed by atoms with van der Waals surface area (Å²) in [6.45, 7) is 0.931. The van der Waals surface area contributed by atoms with E-state index in [1.165, 1.54) is 6.92 Å². The Morgan fingerprint density at radius 3 is 2.41 bits per heavy atom. The second-order valence-electron chi connectivity index (χ2n) is 11.0. The van der Waals surface area contributed by atoms with Crippen LogP contribution < -0.4 is 21.7 Å². The number of amides is 4. The minimum absolute atomic E-state index is 0.0988. The summed E-state index contributed by atoms with van der Waals surface area (Å²) in [6, 6.07) is 12.2. The fourth-order valence-corrected chi connectivity index (χ4v) is 5.34. The number of hydrogen-bond acceptors (Lipinski definition) is 7. The summed E-state index contributed by atoms with van der Waals surface area (Å²) in [4.78, 5) is 68.1. The number of fused-ring (bicyclic) bond motifs is 1. The third-order valence-electron chi connectivity index (χ3n) is 7.68. The number of benzene rings is 2. The second kappa shape index (κ2) is 14.6. The van der Waals surface area contributed by atoms with Gasteiger partial charge in [-0.25, -0.2) is 4.79 Å². The van der Waals surface area contributed by atoms with E-state index in [4.69, 9.17) is 5.73 Å². The van der Waals surface area contributed by atoms with Crippen LogP contribution >= 0.6 is 0 Å². The summed E-state index contributed by atoms with van der Waals surface area (Å²) in [6.07, 6.45) is 1.53. The number of H-pyrrole nitrogens is 1. The Morgan fingerprint density at radius 2 is 1.70 bits per heavy atom. The Kier molecular flexibility index (Phi) is 10.7. The predicted octanol–water partition coefficient (Wildman–Crippen LogP) is -0.177. The molecule has 2 aromatic carbocycles. The number of rotatable bonds is 13. The summed E-state index contributed by atoms with van der Waals surface area (Å²) in [5.74, 6) is -3.86. The lowest BCUT2D eigenvalue weighted by Gasteiger charge is -2.28. The largest absolute Gasteiger partial charge is 0.480 e. The van der Waals surface area contributed by atoms with Crippen molar-refractivity contribution in [1.29, 1.82) is 0 Å². The van der Waals surface area contributed by atoms with E-state index in [0.29, 0.717) is 6.42 Å². The molecule has 5 atom stereocenters. The molecular formula is C31H38N6O7. The van der Waals surface area contributed by atoms with Crippen LogP contribution in [0.4, 0.5) is 0 Å². The van der Waals surface area contributed by atoms with Crippen LogP contribution in [-0.2, 0) is 36.8 Å². The number of carboxylic acid groups (broad SMARTS) is 1. The van der Waals surface area contributed by atoms with E-state index >= 15 is 0 Å². The average molecular weight is 607 g/mol. The molecule has 4 amide bonds. The molecule has 1 saturated heterocycles. The molecule has 2 heterocycles. The zero-order valence-corrected chi connectivity index (χ0v) is 24.4. The number of nitrogens with one attached hydrogen (secondary N) is 4. The first-order valence-electron chi connectivity index (χ1n) is 14.5. The molecular weight excluding hydrogens is 568 g/mol. The SMILES string of the molecule is C[C@@H](O)[C@H](NC(=O)CNC(=O)[C@H](Cc1c[nH]c2ccccc12)NC(=O)[C@@H](N)Cc1ccccc1)C(=O)N1CCC[C@H]1C(=O)O. The van der Waals surface area contributed by atoms with Gasteiger partial charge in [0.15, 0.2) is 0 Å². The minimum atomic E-state index is -1.41. The molecule has 0 spiro atoms. The Hall–Kier alpha value is -4.75. The third kappa shape index (κ3) is 7.99. The lowest BCUT2D eigenvalue weighted by molar-refractivity contribution is -0.150. The van der Waals surface area contributed by atoms with E-state index in [9.17, 15) is 34.2 Å². The number of likely N-dealkylation sites (tertiary alicyclic amines) is 1. The van der Waals surface area contributed by atoms with Gasteiger partial charge in [-0.05, 0) is 43.4 Å². The number of aliphatic hydroxyl groups is 1. The molecule has 3 aromatic rings. The molecule has 1 aliphatic heterocycles. The molecule has 0 aliphatic carbocycles. The fraction of sp³-hybridized carbons (Fsp3) is 0.387. The average Bonchev–Trinajstić information content (AvgIpc) is 3.66. The van der Waals surface area contributed by atoms with Crippen LogP contribution in [0.1, 0.15) is 30.9 Å². The molecule has 8 N–H and O–H groups in total. The van der Waals surface area contributed by atoms with Gasteiger partial charge in [0.1, 0.15) is 18.1 Å². The first-order valence-corrected chi connectivity index (χ1v) is 14.5. The molecule has 234 valence electrons. The number of carbonyl (C=O) groups is 5. The molecule has 0 bridgehead atoms. The van der Waals surface area contributed by atoms with Crippen molar-refractivity contribution in [3.8, 4) is 0 Å². The van der Waals surface area contributed by atoms with Gasteiger partial charge >= 0.3 is 5.97 Å². The highest BCUT2D eigenvalue weighted by Gasteiger charge is 2.39. The number of carbonyl (C=O) groups excluding carboxylic acids is 4. The van der Waals surface area contributed by atoms with Crippen LogP contribution in [0.15, 0.2) is 60.8 Å². The van der Waals surface area contributed by atoms with Crippen molar-refractivity contribution in [2.45, 2.75) is 62.9 Å². The normalized spacial score (nSPS) is 17.3. The molecule has 0 saturated carbocycles. The molecule has 44 heavy (non-hydrogen) atoms. The maximum Gasteiger partial charge on any atom is 0.326 e. The number of aliphatic hydroxyl groups excluding tert-OH is 1. The van der Waals surface area contributed by atoms with Gasteiger partial charge < -0.3 is 41.8 Å². The first-order chi connectivity index (χ1) is 21.0. The molecule has 4 rings (SSSR count). The van der Waals surface area contributed by atoms with Crippen molar-refractivity contribution in [3.63, 3.8) is 0 Å². The predicted molar refractivity (Wildman–Crippen MR) is 161 cm³/mol. The smallest absolute Gasteiger partial charge is 0.326 e. The molecule has 0 radical (unpaired) electrons. The van der Waals surface area contributed by atoms with Gasteiger partial charge in [0.05, 0.1) is 18.7 Å². The monoisotopic (exact) mass is 606 g/mol. The van der Waals surface area contributed by atoms with E-state index in [-0.39, 0.29) is 25.8 Å². The van der Waals surface area contributed by atoms with Gasteiger partial charge in [-0.15, -0.1) is 0 Å². The van der Waals surface area contributed by atoms with Gasteiger partial charge in [0, 0.05) is 30.1 Å². The van der Waals surface area contributed by atoms with Gasteiger partial charge in [-0.1, -0.05) is 48.5 Å². The van der Waals surface area contributed by atoms with Crippen molar-refractivity contribution < 1.29 is 34.2 Å². The summed E-state index contributed by atoms with van der Waals surface area (Å²) >= 11 is 0. The van der Waals surface area contributed by atoms with Crippen LogP contribution in [0.5, 0.6) is 0 Å². The number of hydrogen-bond donors (Lipinski definition) is 7. The Morgan fingerprint density at radius 1 is 1.00 bits per heavy atom. The molecule has 13 nitrogen and oxygen atoms in total. The van der Waals surface area contributed by atoms with Crippen LogP contribution in [0.2, 0.25) is 0 Å². The standard InChI is InChI=1S/C31H38N6O7/c1-18(38)27(30(42)37-13-7-12-25(37)31(43)44)36-26(39)17-34-29(41)24(15-20-16-33-23-11-6-5-10-21(20)23)35-28(40)22(32)14-19-8-3-2-4-9-19/h2-6,8-11,16,18,22,24-25,27,33,38H,7,12-15,17,32H2,1H3,(H,34,41)(H,35,40)(H,36,39)(H,43,44)/t18-,22+,24+,25+,27+/m1/s1. The Balaban J connectivity index is 1.43. The van der Waals surface area contributed by atoms with Crippen molar-refractivity contribution in [3.05, 3.63) is 71.9 Å². The lowest BCUT2D eigenvalue weighted by Crippen LogP contribution is -2.58. The summed E-state index contributed by atoms with van der Waals surface area (Å²) in [5, 5.41) is 28.1. The van der Waals surface area contributed by atoms with Crippen molar-refractivity contribution >= 4 is 40.5 Å². The van der Waals surface area contributed by atoms with E-state index in [2.05, 4.69) is 20.9 Å². The number of nitrogens with zero attached hydrogens (tertiary/aromatic N) is 1. The van der Waals surface area contributed by atoms with Crippen LogP contribution in [0.3, 0.4) is 0 Å². The zero-order chi connectivity index (χ0) is 31.8. The molecule has 13 heteroatoms. The number of para-hydroxylation sites is 1. The molecule has 1 aromatic heterocycles. The van der Waals surface area contributed by atoms with Crippen LogP contribution in [-0.4, -0.2) is 93.1 Å². The van der Waals surface area contributed by atoms with E-state index in [1.54, 1.807) is 6.20 Å². The molecule has 1 fully saturated rings. The van der Waals surface area contributed by atoms with Crippen LogP contribution in [0, 0.1) is 0 Å². The number of aliphatic carboxylic acids is 1. The number of carboxylic acids is 1. The maximum atomic E-state index is 13.4. The number of nitrogens with two attached hydrogens (primary N) is 1. The van der Waals surface area contributed by atoms with Gasteiger partial charge in [0.25, 0.3) is 0 Å². The summed E-state index contributed by atoms with van der Waals surface area (Å²) in [7, 11) is 0. The van der Waals surface area contributed by atoms with Crippen molar-refractivity contribution in [2.75, 3.05) is 13.1 Å². The van der Waals surface area contributed by atoms with Crippen molar-refractivity contribution in [2.24, 2.45) is 5.73 Å². The van der Waals surface area contributed by atoms with E-state index in [1.807, 2.05) is 54.6 Å². The molecule has 1 aliphatic rings. The zero-order valence-electron chi connectivity index (χ0n) is 24.4. The highest BCUT2D eigenvalue weighted by Crippen LogP contribution is 2.20. The van der Waals surface area contributed by atoms with E-state index < -0.39 is 66.4 Å². The summed E-state index contributed by atoms with van der Waals surface area (Å²) < 4.78 is 0. The van der Waals surface area contributed by atoms with Gasteiger partial charge in [0.2, 0.25) is 23.6 Å². The molecule has 0 unspecified atom stereocenters.